The second kappa shape index (κ2) is 8.61. The minimum Gasteiger partial charge on any atom is -0.484 e. The number of carbonyl (C=O) groups excluding carboxylic acids is 2. The van der Waals surface area contributed by atoms with Crippen LogP contribution in [0.1, 0.15) is 52.5 Å². The van der Waals surface area contributed by atoms with E-state index in [1.807, 2.05) is 13.8 Å². The fourth-order valence-corrected chi connectivity index (χ4v) is 5.66. The number of carbonyl (C=O) groups is 2. The largest absolute Gasteiger partial charge is 0.484 e. The van der Waals surface area contributed by atoms with E-state index in [1.165, 1.54) is 23.5 Å². The summed E-state index contributed by atoms with van der Waals surface area (Å²) in [6, 6.07) is 3.96. The number of aliphatic hydroxyl groups excluding tert-OH is 1. The predicted octanol–water partition coefficient (Wildman–Crippen LogP) is 3.29. The van der Waals surface area contributed by atoms with Crippen molar-refractivity contribution in [3.63, 3.8) is 0 Å². The summed E-state index contributed by atoms with van der Waals surface area (Å²) in [6.07, 6.45) is 1.93. The number of nitrogens with zero attached hydrogens (tertiary/aromatic N) is 1. The summed E-state index contributed by atoms with van der Waals surface area (Å²) in [5, 5.41) is 17.8. The van der Waals surface area contributed by atoms with Gasteiger partial charge >= 0.3 is 0 Å². The van der Waals surface area contributed by atoms with Crippen LogP contribution in [-0.4, -0.2) is 45.7 Å². The number of hydrogen-bond donors (Lipinski definition) is 3. The zero-order chi connectivity index (χ0) is 23.1. The van der Waals surface area contributed by atoms with Crippen molar-refractivity contribution in [2.45, 2.75) is 63.1 Å². The number of fused-ring (bicyclic) bond motifs is 3. The summed E-state index contributed by atoms with van der Waals surface area (Å²) in [5.74, 6) is -0.987. The Morgan fingerprint density at radius 3 is 2.59 bits per heavy atom. The Balaban J connectivity index is 1.35. The van der Waals surface area contributed by atoms with Crippen LogP contribution < -0.4 is 15.4 Å². The molecule has 0 radical (unpaired) electrons. The number of aromatic nitrogens is 1. The van der Waals surface area contributed by atoms with Crippen LogP contribution in [0.4, 0.5) is 4.39 Å². The third-order valence-electron chi connectivity index (χ3n) is 6.46. The molecule has 1 aromatic heterocycles. The molecular weight excluding hydrogens is 457 g/mol. The van der Waals surface area contributed by atoms with Crippen LogP contribution in [0.25, 0.3) is 0 Å². The van der Waals surface area contributed by atoms with Gasteiger partial charge in [-0.3, -0.25) is 9.59 Å². The summed E-state index contributed by atoms with van der Waals surface area (Å²) in [5.41, 5.74) is -0.546. The normalized spacial score (nSPS) is 26.6. The molecule has 1 unspecified atom stereocenters. The number of benzene rings is 1. The van der Waals surface area contributed by atoms with E-state index in [0.29, 0.717) is 42.7 Å². The zero-order valence-corrected chi connectivity index (χ0v) is 19.4. The third-order valence-corrected chi connectivity index (χ3v) is 7.84. The lowest BCUT2D eigenvalue weighted by atomic mass is 9.60. The van der Waals surface area contributed by atoms with E-state index in [0.717, 1.165) is 11.1 Å². The lowest BCUT2D eigenvalue weighted by molar-refractivity contribution is -0.132. The van der Waals surface area contributed by atoms with Gasteiger partial charge in [-0.2, -0.15) is 0 Å². The molecular formula is C22H25ClFN3O4S. The van der Waals surface area contributed by atoms with Crippen LogP contribution in [0.5, 0.6) is 5.75 Å². The van der Waals surface area contributed by atoms with Gasteiger partial charge in [0.05, 0.1) is 27.4 Å². The third kappa shape index (κ3) is 4.46. The molecule has 1 atom stereocenters. The van der Waals surface area contributed by atoms with Crippen molar-refractivity contribution in [2.24, 2.45) is 0 Å². The van der Waals surface area contributed by atoms with Crippen LogP contribution in [-0.2, 0) is 4.79 Å². The van der Waals surface area contributed by atoms with Gasteiger partial charge in [0.1, 0.15) is 16.4 Å². The van der Waals surface area contributed by atoms with Gasteiger partial charge in [-0.25, -0.2) is 9.37 Å². The Hall–Kier alpha value is -2.23. The van der Waals surface area contributed by atoms with Crippen LogP contribution >= 0.6 is 22.9 Å². The van der Waals surface area contributed by atoms with Crippen LogP contribution in [0, 0.1) is 19.7 Å². The number of rotatable bonds is 6. The van der Waals surface area contributed by atoms with E-state index in [1.54, 1.807) is 0 Å². The molecule has 2 bridgehead atoms. The molecule has 0 aliphatic heterocycles. The Labute approximate surface area is 194 Å². The van der Waals surface area contributed by atoms with Gasteiger partial charge in [-0.1, -0.05) is 11.6 Å². The molecule has 0 saturated heterocycles. The van der Waals surface area contributed by atoms with Gasteiger partial charge in [0.2, 0.25) is 0 Å². The Morgan fingerprint density at radius 1 is 1.28 bits per heavy atom. The molecule has 1 heterocycles. The Kier molecular flexibility index (Phi) is 6.17. The van der Waals surface area contributed by atoms with Crippen molar-refractivity contribution < 1.29 is 23.8 Å². The molecule has 2 aromatic rings. The monoisotopic (exact) mass is 481 g/mol. The first-order chi connectivity index (χ1) is 15.1. The molecule has 32 heavy (non-hydrogen) atoms. The molecule has 3 aliphatic rings. The second-order valence-corrected chi connectivity index (χ2v) is 10.3. The quantitative estimate of drug-likeness (QED) is 0.587. The van der Waals surface area contributed by atoms with Crippen LogP contribution in [0.15, 0.2) is 18.2 Å². The average molecular weight is 482 g/mol. The lowest BCUT2D eigenvalue weighted by Gasteiger charge is -2.56. The first kappa shape index (κ1) is 22.9. The standard InChI is InChI=1S/C22H25ClFN3O4S/c1-12-19(32-13(2)25-12)20(30)27-21-5-7-22(8-6-21,17(28)10-21)26-18(29)11-31-14-3-4-15(23)16(24)9-14/h3-4,9,17,28H,5-8,10-11H2,1-2H3,(H,26,29)(H,27,30). The number of aliphatic hydroxyl groups is 1. The van der Waals surface area contributed by atoms with Crippen molar-refractivity contribution in [3.8, 4) is 5.75 Å². The van der Waals surface area contributed by atoms with E-state index in [4.69, 9.17) is 16.3 Å². The van der Waals surface area contributed by atoms with Crippen molar-refractivity contribution >= 4 is 34.8 Å². The molecule has 0 spiro atoms. The fourth-order valence-electron chi connectivity index (χ4n) is 4.73. The summed E-state index contributed by atoms with van der Waals surface area (Å²) in [4.78, 5) is 30.2. The minimum atomic E-state index is -0.800. The number of amides is 2. The van der Waals surface area contributed by atoms with E-state index in [9.17, 15) is 19.1 Å². The molecule has 10 heteroatoms. The molecule has 3 fully saturated rings. The maximum Gasteiger partial charge on any atom is 0.263 e. The van der Waals surface area contributed by atoms with Gasteiger partial charge in [0.25, 0.3) is 11.8 Å². The van der Waals surface area contributed by atoms with E-state index < -0.39 is 28.9 Å². The van der Waals surface area contributed by atoms with Gasteiger partial charge in [0.15, 0.2) is 6.61 Å². The van der Waals surface area contributed by atoms with Crippen LogP contribution in [0.2, 0.25) is 5.02 Å². The summed E-state index contributed by atoms with van der Waals surface area (Å²) >= 11 is 7.01. The van der Waals surface area contributed by atoms with E-state index in [-0.39, 0.29) is 23.3 Å². The lowest BCUT2D eigenvalue weighted by Crippen LogP contribution is -2.70. The molecule has 172 valence electrons. The summed E-state index contributed by atoms with van der Waals surface area (Å²) < 4.78 is 18.9. The molecule has 5 rings (SSSR count). The van der Waals surface area contributed by atoms with Gasteiger partial charge in [0, 0.05) is 11.6 Å². The molecule has 1 aromatic carbocycles. The van der Waals surface area contributed by atoms with Crippen molar-refractivity contribution in [1.82, 2.24) is 15.6 Å². The zero-order valence-electron chi connectivity index (χ0n) is 17.8. The molecule has 2 amide bonds. The maximum absolute atomic E-state index is 13.5. The Morgan fingerprint density at radius 2 is 2.00 bits per heavy atom. The van der Waals surface area contributed by atoms with Crippen molar-refractivity contribution in [1.29, 1.82) is 0 Å². The first-order valence-electron chi connectivity index (χ1n) is 10.4. The number of ether oxygens (including phenoxy) is 1. The highest BCUT2D eigenvalue weighted by atomic mass is 35.5. The van der Waals surface area contributed by atoms with Crippen LogP contribution in [0.3, 0.4) is 0 Å². The molecule has 3 saturated carbocycles. The smallest absolute Gasteiger partial charge is 0.263 e. The maximum atomic E-state index is 13.5. The van der Waals surface area contributed by atoms with E-state index >= 15 is 0 Å². The summed E-state index contributed by atoms with van der Waals surface area (Å²) in [6.45, 7) is 3.37. The van der Waals surface area contributed by atoms with E-state index in [2.05, 4.69) is 15.6 Å². The number of halogens is 2. The highest BCUT2D eigenvalue weighted by molar-refractivity contribution is 7.13. The Bertz CT molecular complexity index is 1050. The van der Waals surface area contributed by atoms with Gasteiger partial charge in [-0.05, 0) is 58.1 Å². The molecule has 7 nitrogen and oxygen atoms in total. The SMILES string of the molecule is Cc1nc(C)c(C(=O)NC23CCC(NC(=O)COc4ccc(Cl)c(F)c4)(CC2)C(O)C3)s1. The average Bonchev–Trinajstić information content (AvgIpc) is 3.08. The topological polar surface area (TPSA) is 101 Å². The van der Waals surface area contributed by atoms with Crippen molar-refractivity contribution in [2.75, 3.05) is 6.61 Å². The number of nitrogens with one attached hydrogen (secondary N) is 2. The fraction of sp³-hybridized carbons (Fsp3) is 0.500. The minimum absolute atomic E-state index is 0.0237. The second-order valence-electron chi connectivity index (χ2n) is 8.67. The number of hydrogen-bond acceptors (Lipinski definition) is 6. The first-order valence-corrected chi connectivity index (χ1v) is 11.6. The highest BCUT2D eigenvalue weighted by Crippen LogP contribution is 2.47. The molecule has 3 aliphatic carbocycles. The molecule has 3 N–H and O–H groups in total. The van der Waals surface area contributed by atoms with Gasteiger partial charge < -0.3 is 20.5 Å². The highest BCUT2D eigenvalue weighted by Gasteiger charge is 2.55. The predicted molar refractivity (Wildman–Crippen MR) is 119 cm³/mol. The summed E-state index contributed by atoms with van der Waals surface area (Å²) in [7, 11) is 0. The van der Waals surface area contributed by atoms with Crippen molar-refractivity contribution in [3.05, 3.63) is 44.6 Å². The number of aryl methyl sites for hydroxylation is 2. The van der Waals surface area contributed by atoms with Gasteiger partial charge in [-0.15, -0.1) is 11.3 Å². The number of thiazole rings is 1.